The van der Waals surface area contributed by atoms with Crippen molar-refractivity contribution in [2.45, 2.75) is 46.7 Å². The maximum atomic E-state index is 13.6. The Morgan fingerprint density at radius 3 is 2.42 bits per heavy atom. The lowest BCUT2D eigenvalue weighted by atomic mass is 9.98. The van der Waals surface area contributed by atoms with Crippen molar-refractivity contribution in [1.82, 2.24) is 4.90 Å². The minimum atomic E-state index is -0.218. The highest BCUT2D eigenvalue weighted by atomic mass is 19.1. The fourth-order valence-corrected chi connectivity index (χ4v) is 4.17. The Morgan fingerprint density at radius 1 is 1.10 bits per heavy atom. The molecule has 1 heterocycles. The molecule has 0 radical (unpaired) electrons. The zero-order valence-electron chi connectivity index (χ0n) is 19.6. The maximum absolute atomic E-state index is 13.6. The number of hydrogen-bond donors (Lipinski definition) is 0. The van der Waals surface area contributed by atoms with E-state index in [2.05, 4.69) is 50.5 Å². The van der Waals surface area contributed by atoms with E-state index in [4.69, 9.17) is 9.47 Å². The van der Waals surface area contributed by atoms with E-state index in [1.54, 1.807) is 0 Å². The van der Waals surface area contributed by atoms with Gasteiger partial charge in [0.05, 0.1) is 31.0 Å². The molecule has 170 valence electrons. The number of rotatable bonds is 9. The molecular formula is C26H37FN2O2. The number of anilines is 1. The third-order valence-corrected chi connectivity index (χ3v) is 5.78. The van der Waals surface area contributed by atoms with Crippen LogP contribution in [-0.4, -0.2) is 50.4 Å². The van der Waals surface area contributed by atoms with Crippen molar-refractivity contribution in [3.05, 3.63) is 59.9 Å². The van der Waals surface area contributed by atoms with Crippen LogP contribution in [0.2, 0.25) is 0 Å². The number of fused-ring (bicyclic) bond motifs is 1. The second-order valence-electron chi connectivity index (χ2n) is 9.45. The summed E-state index contributed by atoms with van der Waals surface area (Å²) in [5.41, 5.74) is 2.27. The van der Waals surface area contributed by atoms with Crippen LogP contribution in [0.4, 0.5) is 10.1 Å². The van der Waals surface area contributed by atoms with E-state index in [0.717, 1.165) is 43.2 Å². The monoisotopic (exact) mass is 428 g/mol. The molecule has 1 aliphatic heterocycles. The summed E-state index contributed by atoms with van der Waals surface area (Å²) in [6.45, 7) is 15.7. The Bertz CT molecular complexity index is 815. The molecule has 2 aromatic carbocycles. The highest BCUT2D eigenvalue weighted by Gasteiger charge is 2.32. The maximum Gasteiger partial charge on any atom is 0.142 e. The van der Waals surface area contributed by atoms with Crippen LogP contribution in [0.3, 0.4) is 0 Å². The van der Waals surface area contributed by atoms with Gasteiger partial charge in [0.2, 0.25) is 0 Å². The molecule has 2 unspecified atom stereocenters. The van der Waals surface area contributed by atoms with Crippen LogP contribution in [0, 0.1) is 11.2 Å². The Morgan fingerprint density at radius 2 is 1.77 bits per heavy atom. The van der Waals surface area contributed by atoms with E-state index in [9.17, 15) is 4.39 Å². The van der Waals surface area contributed by atoms with Gasteiger partial charge in [0.25, 0.3) is 0 Å². The SMILES string of the molecule is CCN(CC)C(COCC(C)(C)C)CN1c2ccccc2OCC1c1ccc(F)cc1. The molecule has 0 fully saturated rings. The predicted octanol–water partition coefficient (Wildman–Crippen LogP) is 5.54. The zero-order chi connectivity index (χ0) is 22.4. The van der Waals surface area contributed by atoms with Crippen molar-refractivity contribution in [3.63, 3.8) is 0 Å². The quantitative estimate of drug-likeness (QED) is 0.524. The minimum absolute atomic E-state index is 0.0242. The normalized spacial score (nSPS) is 17.4. The van der Waals surface area contributed by atoms with Gasteiger partial charge in [-0.2, -0.15) is 0 Å². The molecule has 5 heteroatoms. The van der Waals surface area contributed by atoms with Crippen LogP contribution >= 0.6 is 0 Å². The van der Waals surface area contributed by atoms with Gasteiger partial charge in [-0.05, 0) is 48.3 Å². The summed E-state index contributed by atoms with van der Waals surface area (Å²) in [4.78, 5) is 4.87. The summed E-state index contributed by atoms with van der Waals surface area (Å²) in [5, 5.41) is 0. The van der Waals surface area contributed by atoms with E-state index in [1.165, 1.54) is 12.1 Å². The Hall–Kier alpha value is -2.11. The van der Waals surface area contributed by atoms with E-state index >= 15 is 0 Å². The Kier molecular flexibility index (Phi) is 7.95. The number of para-hydroxylation sites is 2. The number of halogens is 1. The molecule has 0 saturated carbocycles. The first-order chi connectivity index (χ1) is 14.8. The van der Waals surface area contributed by atoms with Crippen LogP contribution in [0.5, 0.6) is 5.75 Å². The number of likely N-dealkylation sites (N-methyl/N-ethyl adjacent to an activating group) is 1. The largest absolute Gasteiger partial charge is 0.489 e. The molecule has 0 amide bonds. The van der Waals surface area contributed by atoms with E-state index < -0.39 is 0 Å². The van der Waals surface area contributed by atoms with Crippen LogP contribution < -0.4 is 9.64 Å². The minimum Gasteiger partial charge on any atom is -0.489 e. The molecule has 0 saturated heterocycles. The van der Waals surface area contributed by atoms with Crippen molar-refractivity contribution in [2.24, 2.45) is 5.41 Å². The van der Waals surface area contributed by atoms with Gasteiger partial charge in [-0.3, -0.25) is 4.90 Å². The lowest BCUT2D eigenvalue weighted by molar-refractivity contribution is 0.0274. The molecule has 2 aromatic rings. The van der Waals surface area contributed by atoms with Crippen molar-refractivity contribution in [2.75, 3.05) is 44.4 Å². The summed E-state index contributed by atoms with van der Waals surface area (Å²) in [6.07, 6.45) is 0. The molecule has 0 aromatic heterocycles. The van der Waals surface area contributed by atoms with Gasteiger partial charge in [-0.15, -0.1) is 0 Å². The summed E-state index contributed by atoms with van der Waals surface area (Å²) >= 11 is 0. The summed E-state index contributed by atoms with van der Waals surface area (Å²) in [7, 11) is 0. The molecule has 0 spiro atoms. The second-order valence-corrected chi connectivity index (χ2v) is 9.45. The zero-order valence-corrected chi connectivity index (χ0v) is 19.6. The number of hydrogen-bond acceptors (Lipinski definition) is 4. The molecule has 3 rings (SSSR count). The highest BCUT2D eigenvalue weighted by molar-refractivity contribution is 5.61. The first-order valence-electron chi connectivity index (χ1n) is 11.4. The lowest BCUT2D eigenvalue weighted by Crippen LogP contribution is -2.49. The van der Waals surface area contributed by atoms with Gasteiger partial charge in [-0.25, -0.2) is 4.39 Å². The number of nitrogens with zero attached hydrogens (tertiary/aromatic N) is 2. The van der Waals surface area contributed by atoms with Crippen molar-refractivity contribution >= 4 is 5.69 Å². The first kappa shape index (κ1) is 23.6. The van der Waals surface area contributed by atoms with Gasteiger partial charge < -0.3 is 14.4 Å². The summed E-state index contributed by atoms with van der Waals surface area (Å²) in [5.74, 6) is 0.679. The summed E-state index contributed by atoms with van der Waals surface area (Å²) in [6, 6.07) is 15.2. The fraction of sp³-hybridized carbons (Fsp3) is 0.538. The second kappa shape index (κ2) is 10.5. The predicted molar refractivity (Wildman–Crippen MR) is 125 cm³/mol. The van der Waals surface area contributed by atoms with Crippen LogP contribution in [0.15, 0.2) is 48.5 Å². The Balaban J connectivity index is 1.89. The smallest absolute Gasteiger partial charge is 0.142 e. The standard InChI is InChI=1S/C26H37FN2O2/c1-6-28(7-2)22(17-30-19-26(3,4)5)16-29-23-10-8-9-11-25(23)31-18-24(29)20-12-14-21(27)15-13-20/h8-15,22,24H,6-7,16-19H2,1-5H3. The molecule has 0 N–H and O–H groups in total. The molecule has 0 aliphatic carbocycles. The van der Waals surface area contributed by atoms with Crippen molar-refractivity contribution < 1.29 is 13.9 Å². The lowest BCUT2D eigenvalue weighted by Gasteiger charge is -2.43. The van der Waals surface area contributed by atoms with Crippen LogP contribution in [0.1, 0.15) is 46.2 Å². The van der Waals surface area contributed by atoms with Crippen LogP contribution in [-0.2, 0) is 4.74 Å². The molecule has 1 aliphatic rings. The van der Waals surface area contributed by atoms with E-state index in [1.807, 2.05) is 30.3 Å². The first-order valence-corrected chi connectivity index (χ1v) is 11.4. The van der Waals surface area contributed by atoms with Gasteiger partial charge >= 0.3 is 0 Å². The topological polar surface area (TPSA) is 24.9 Å². The third-order valence-electron chi connectivity index (χ3n) is 5.78. The molecule has 2 atom stereocenters. The van der Waals surface area contributed by atoms with Crippen molar-refractivity contribution in [3.8, 4) is 5.75 Å². The average Bonchev–Trinajstić information content (AvgIpc) is 2.74. The van der Waals surface area contributed by atoms with Gasteiger partial charge in [0.1, 0.15) is 18.2 Å². The van der Waals surface area contributed by atoms with Gasteiger partial charge in [0.15, 0.2) is 0 Å². The molecular weight excluding hydrogens is 391 g/mol. The van der Waals surface area contributed by atoms with Gasteiger partial charge in [0, 0.05) is 6.54 Å². The number of ether oxygens (including phenoxy) is 2. The molecule has 4 nitrogen and oxygen atoms in total. The van der Waals surface area contributed by atoms with E-state index in [0.29, 0.717) is 13.2 Å². The van der Waals surface area contributed by atoms with Gasteiger partial charge in [-0.1, -0.05) is 58.9 Å². The fourth-order valence-electron chi connectivity index (χ4n) is 4.17. The van der Waals surface area contributed by atoms with E-state index in [-0.39, 0.29) is 23.3 Å². The van der Waals surface area contributed by atoms with Crippen molar-refractivity contribution in [1.29, 1.82) is 0 Å². The van der Waals surface area contributed by atoms with Crippen LogP contribution in [0.25, 0.3) is 0 Å². The average molecular weight is 429 g/mol. The molecule has 0 bridgehead atoms. The molecule has 31 heavy (non-hydrogen) atoms. The third kappa shape index (κ3) is 6.20. The Labute approximate surface area is 187 Å². The summed E-state index contributed by atoms with van der Waals surface area (Å²) < 4.78 is 25.8. The highest BCUT2D eigenvalue weighted by Crippen LogP contribution is 2.39. The number of benzene rings is 2.